The van der Waals surface area contributed by atoms with Gasteiger partial charge < -0.3 is 5.32 Å². The lowest BCUT2D eigenvalue weighted by Crippen LogP contribution is -2.39. The van der Waals surface area contributed by atoms with E-state index in [0.717, 1.165) is 0 Å². The fourth-order valence-electron chi connectivity index (χ4n) is 0.902. The summed E-state index contributed by atoms with van der Waals surface area (Å²) in [6, 6.07) is 0. The van der Waals surface area contributed by atoms with Crippen LogP contribution in [0.15, 0.2) is 22.4 Å². The Morgan fingerprint density at radius 1 is 1.46 bits per heavy atom. The summed E-state index contributed by atoms with van der Waals surface area (Å²) in [5, 5.41) is 2.89. The molecule has 0 saturated heterocycles. The molecule has 1 rings (SSSR count). The molecule has 0 saturated carbocycles. The van der Waals surface area contributed by atoms with Crippen molar-refractivity contribution < 1.29 is 0 Å². The zero-order valence-electron chi connectivity index (χ0n) is 8.76. The van der Waals surface area contributed by atoms with Crippen LogP contribution in [-0.2, 0) is 0 Å². The summed E-state index contributed by atoms with van der Waals surface area (Å²) in [6.45, 7) is 12.2. The molecule has 0 bridgehead atoms. The average molecular weight is 179 g/mol. The molecular weight excluding hydrogens is 162 g/mol. The molecule has 3 heteroatoms. The van der Waals surface area contributed by atoms with E-state index in [-0.39, 0.29) is 11.0 Å². The summed E-state index contributed by atoms with van der Waals surface area (Å²) in [5.41, 5.74) is -0.210. The Labute approximate surface area is 79.7 Å². The van der Waals surface area contributed by atoms with Crippen LogP contribution in [0.1, 0.15) is 27.7 Å². The summed E-state index contributed by atoms with van der Waals surface area (Å²) in [7, 11) is 0. The van der Waals surface area contributed by atoms with E-state index in [2.05, 4.69) is 49.6 Å². The predicted molar refractivity (Wildman–Crippen MR) is 57.1 cm³/mol. The Bertz CT molecular complexity index is 270. The third kappa shape index (κ3) is 1.97. The lowest BCUT2D eigenvalue weighted by molar-refractivity contribution is 0.291. The van der Waals surface area contributed by atoms with Gasteiger partial charge in [0.15, 0.2) is 0 Å². The number of hydrogen-bond donors (Lipinski definition) is 1. The van der Waals surface area contributed by atoms with Gasteiger partial charge in [-0.2, -0.15) is 0 Å². The minimum Gasteiger partial charge on any atom is -0.332 e. The van der Waals surface area contributed by atoms with Gasteiger partial charge in [-0.1, -0.05) is 27.4 Å². The minimum atomic E-state index is -0.264. The zero-order valence-corrected chi connectivity index (χ0v) is 8.76. The molecule has 3 nitrogen and oxygen atoms in total. The van der Waals surface area contributed by atoms with Crippen LogP contribution in [0.4, 0.5) is 0 Å². The maximum atomic E-state index is 4.43. The van der Waals surface area contributed by atoms with Crippen LogP contribution in [0.3, 0.4) is 0 Å². The van der Waals surface area contributed by atoms with Crippen molar-refractivity contribution >= 4 is 12.6 Å². The van der Waals surface area contributed by atoms with Gasteiger partial charge in [-0.3, -0.25) is 4.99 Å². The molecule has 1 atom stereocenters. The summed E-state index contributed by atoms with van der Waals surface area (Å²) in [4.78, 5) is 8.62. The summed E-state index contributed by atoms with van der Waals surface area (Å²) in [6.07, 6.45) is 3.52. The van der Waals surface area contributed by atoms with E-state index in [1.165, 1.54) is 0 Å². The smallest absolute Gasteiger partial charge is 0.123 e. The largest absolute Gasteiger partial charge is 0.332 e. The van der Waals surface area contributed by atoms with E-state index in [0.29, 0.717) is 5.82 Å². The van der Waals surface area contributed by atoms with Crippen molar-refractivity contribution in [2.75, 3.05) is 0 Å². The highest BCUT2D eigenvalue weighted by Crippen LogP contribution is 2.32. The normalized spacial score (nSPS) is 28.5. The van der Waals surface area contributed by atoms with Gasteiger partial charge in [0.2, 0.25) is 0 Å². The molecule has 0 aromatic heterocycles. The van der Waals surface area contributed by atoms with Gasteiger partial charge in [-0.15, -0.1) is 0 Å². The molecule has 0 fully saturated rings. The van der Waals surface area contributed by atoms with Gasteiger partial charge in [0.1, 0.15) is 5.82 Å². The Morgan fingerprint density at radius 3 is 2.62 bits per heavy atom. The third-order valence-corrected chi connectivity index (χ3v) is 2.55. The van der Waals surface area contributed by atoms with Gasteiger partial charge in [0.25, 0.3) is 0 Å². The first-order chi connectivity index (χ1) is 5.85. The van der Waals surface area contributed by atoms with Crippen molar-refractivity contribution in [3.05, 3.63) is 12.4 Å². The second kappa shape index (κ2) is 2.98. The van der Waals surface area contributed by atoms with Crippen LogP contribution in [-0.4, -0.2) is 18.1 Å². The molecule has 0 aromatic rings. The summed E-state index contributed by atoms with van der Waals surface area (Å²) in [5.74, 6) is 0.636. The second-order valence-electron chi connectivity index (χ2n) is 4.50. The van der Waals surface area contributed by atoms with E-state index in [1.807, 2.05) is 6.21 Å². The van der Waals surface area contributed by atoms with Crippen LogP contribution in [0, 0.1) is 5.41 Å². The summed E-state index contributed by atoms with van der Waals surface area (Å²) >= 11 is 0. The molecule has 1 unspecified atom stereocenters. The SMILES string of the molecule is C=C1N=CC(C)(C(C)(C)C)N=CN1. The van der Waals surface area contributed by atoms with Crippen LogP contribution in [0.25, 0.3) is 0 Å². The lowest BCUT2D eigenvalue weighted by Gasteiger charge is -2.34. The Hall–Kier alpha value is -1.12. The van der Waals surface area contributed by atoms with Crippen molar-refractivity contribution in [2.45, 2.75) is 33.2 Å². The lowest BCUT2D eigenvalue weighted by atomic mass is 9.76. The number of aliphatic imine (C=N–C) groups is 2. The van der Waals surface area contributed by atoms with Crippen molar-refractivity contribution in [1.82, 2.24) is 5.32 Å². The highest BCUT2D eigenvalue weighted by atomic mass is 15.1. The van der Waals surface area contributed by atoms with E-state index in [4.69, 9.17) is 0 Å². The third-order valence-electron chi connectivity index (χ3n) is 2.55. The van der Waals surface area contributed by atoms with Crippen LogP contribution < -0.4 is 5.32 Å². The van der Waals surface area contributed by atoms with Gasteiger partial charge >= 0.3 is 0 Å². The van der Waals surface area contributed by atoms with Crippen molar-refractivity contribution in [3.63, 3.8) is 0 Å². The van der Waals surface area contributed by atoms with Gasteiger partial charge in [-0.25, -0.2) is 4.99 Å². The molecule has 0 radical (unpaired) electrons. The van der Waals surface area contributed by atoms with Gasteiger partial charge in [-0.05, 0) is 12.3 Å². The van der Waals surface area contributed by atoms with Crippen LogP contribution >= 0.6 is 0 Å². The quantitative estimate of drug-likeness (QED) is 0.606. The highest BCUT2D eigenvalue weighted by molar-refractivity contribution is 5.77. The van der Waals surface area contributed by atoms with E-state index in [1.54, 1.807) is 6.34 Å². The fourth-order valence-corrected chi connectivity index (χ4v) is 0.902. The molecule has 1 N–H and O–H groups in total. The van der Waals surface area contributed by atoms with Crippen molar-refractivity contribution in [2.24, 2.45) is 15.4 Å². The molecule has 1 aliphatic heterocycles. The first-order valence-corrected chi connectivity index (χ1v) is 4.39. The standard InChI is InChI=1S/C10H17N3/c1-8-11-6-10(5,9(2,3)4)13-7-12-8/h6-7H,1H2,2-5H3,(H,12,13). The van der Waals surface area contributed by atoms with Crippen molar-refractivity contribution in [3.8, 4) is 0 Å². The second-order valence-corrected chi connectivity index (χ2v) is 4.50. The predicted octanol–water partition coefficient (Wildman–Crippen LogP) is 1.96. The highest BCUT2D eigenvalue weighted by Gasteiger charge is 2.35. The first-order valence-electron chi connectivity index (χ1n) is 4.39. The zero-order chi connectivity index (χ0) is 10.1. The van der Waals surface area contributed by atoms with Gasteiger partial charge in [0, 0.05) is 6.21 Å². The Kier molecular flexibility index (Phi) is 2.28. The number of hydrogen-bond acceptors (Lipinski definition) is 3. The fraction of sp³-hybridized carbons (Fsp3) is 0.600. The average Bonchev–Trinajstić information content (AvgIpc) is 2.13. The van der Waals surface area contributed by atoms with E-state index < -0.39 is 0 Å². The molecule has 1 heterocycles. The van der Waals surface area contributed by atoms with E-state index in [9.17, 15) is 0 Å². The molecule has 72 valence electrons. The Morgan fingerprint density at radius 2 is 2.08 bits per heavy atom. The number of nitrogens with one attached hydrogen (secondary N) is 1. The van der Waals surface area contributed by atoms with Crippen molar-refractivity contribution in [1.29, 1.82) is 0 Å². The van der Waals surface area contributed by atoms with Crippen LogP contribution in [0.2, 0.25) is 0 Å². The maximum Gasteiger partial charge on any atom is 0.123 e. The molecule has 13 heavy (non-hydrogen) atoms. The molecule has 0 aliphatic carbocycles. The Balaban J connectivity index is 3.03. The topological polar surface area (TPSA) is 36.8 Å². The monoisotopic (exact) mass is 179 g/mol. The molecule has 0 amide bonds. The first kappa shape index (κ1) is 9.96. The van der Waals surface area contributed by atoms with Crippen LogP contribution in [0.5, 0.6) is 0 Å². The number of rotatable bonds is 0. The van der Waals surface area contributed by atoms with E-state index >= 15 is 0 Å². The van der Waals surface area contributed by atoms with Gasteiger partial charge in [0.05, 0.1) is 11.9 Å². The minimum absolute atomic E-state index is 0.0549. The number of nitrogens with zero attached hydrogens (tertiary/aromatic N) is 2. The maximum absolute atomic E-state index is 4.43. The molecule has 1 aliphatic rings. The summed E-state index contributed by atoms with van der Waals surface area (Å²) < 4.78 is 0. The molecule has 0 aromatic carbocycles. The molecular formula is C10H17N3. The molecule has 0 spiro atoms.